The molecule has 0 saturated carbocycles. The van der Waals surface area contributed by atoms with Gasteiger partial charge in [-0.15, -0.1) is 0 Å². The molecule has 19 heavy (non-hydrogen) atoms. The Balaban J connectivity index is 2.23. The van der Waals surface area contributed by atoms with Gasteiger partial charge in [0.1, 0.15) is 11.5 Å². The first-order valence-electron chi connectivity index (χ1n) is 6.08. The van der Waals surface area contributed by atoms with Crippen molar-refractivity contribution in [2.75, 3.05) is 18.5 Å². The molecular formula is C14H17N3OS. The highest BCUT2D eigenvalue weighted by molar-refractivity contribution is 7.99. The summed E-state index contributed by atoms with van der Waals surface area (Å²) >= 11 is 1.71. The Morgan fingerprint density at radius 3 is 2.95 bits per heavy atom. The summed E-state index contributed by atoms with van der Waals surface area (Å²) in [5, 5.41) is 5.04. The van der Waals surface area contributed by atoms with E-state index in [0.29, 0.717) is 23.3 Å². The molecule has 5 heteroatoms. The number of thioether (sulfide) groups is 1. The molecule has 1 aromatic carbocycles. The quantitative estimate of drug-likeness (QED) is 0.898. The van der Waals surface area contributed by atoms with Crippen LogP contribution in [0.25, 0.3) is 10.8 Å². The van der Waals surface area contributed by atoms with E-state index in [-0.39, 0.29) is 5.91 Å². The van der Waals surface area contributed by atoms with Gasteiger partial charge < -0.3 is 11.1 Å². The van der Waals surface area contributed by atoms with Gasteiger partial charge in [-0.3, -0.25) is 4.79 Å². The molecule has 2 rings (SSSR count). The summed E-state index contributed by atoms with van der Waals surface area (Å²) in [7, 11) is 0. The minimum atomic E-state index is -0.182. The Morgan fingerprint density at radius 1 is 1.47 bits per heavy atom. The Bertz CT molecular complexity index is 600. The number of anilines is 1. The zero-order valence-electron chi connectivity index (χ0n) is 11.0. The van der Waals surface area contributed by atoms with Crippen molar-refractivity contribution in [1.29, 1.82) is 0 Å². The second-order valence-corrected chi connectivity index (χ2v) is 5.65. The average Bonchev–Trinajstić information content (AvgIpc) is 2.44. The molecule has 0 fully saturated rings. The maximum absolute atomic E-state index is 12.0. The van der Waals surface area contributed by atoms with Crippen molar-refractivity contribution in [2.45, 2.75) is 12.2 Å². The van der Waals surface area contributed by atoms with Crippen LogP contribution in [0, 0.1) is 0 Å². The number of hydrogen-bond donors (Lipinski definition) is 2. The predicted octanol–water partition coefficient (Wildman–Crippen LogP) is 2.30. The molecule has 100 valence electrons. The lowest BCUT2D eigenvalue weighted by Crippen LogP contribution is -2.30. The molecule has 0 aliphatic carbocycles. The van der Waals surface area contributed by atoms with Crippen molar-refractivity contribution in [3.63, 3.8) is 0 Å². The van der Waals surface area contributed by atoms with E-state index < -0.39 is 0 Å². The molecule has 0 aliphatic heterocycles. The number of benzene rings is 1. The van der Waals surface area contributed by atoms with E-state index in [4.69, 9.17) is 5.73 Å². The van der Waals surface area contributed by atoms with Gasteiger partial charge in [0.25, 0.3) is 5.91 Å². The van der Waals surface area contributed by atoms with Gasteiger partial charge in [0.05, 0.1) is 0 Å². The molecule has 0 bridgehead atoms. The van der Waals surface area contributed by atoms with E-state index in [2.05, 4.69) is 17.2 Å². The molecule has 1 unspecified atom stereocenters. The lowest BCUT2D eigenvalue weighted by molar-refractivity contribution is 0.0949. The molecule has 0 spiro atoms. The number of pyridine rings is 1. The lowest BCUT2D eigenvalue weighted by atomic mass is 10.1. The van der Waals surface area contributed by atoms with Crippen LogP contribution in [0.4, 0.5) is 5.82 Å². The van der Waals surface area contributed by atoms with Crippen LogP contribution in [0.1, 0.15) is 17.4 Å². The standard InChI is InChI=1S/C14H17N3OS/c1-9(19-2)8-16-14(18)12-7-10-5-3-4-6-11(10)13(15)17-12/h3-7,9H,8H2,1-2H3,(H2,15,17)(H,16,18). The number of aromatic nitrogens is 1. The molecule has 0 aliphatic rings. The molecule has 0 saturated heterocycles. The molecule has 1 heterocycles. The second-order valence-electron chi connectivity index (χ2n) is 4.37. The SMILES string of the molecule is CSC(C)CNC(=O)c1cc2ccccc2c(N)n1. The molecule has 0 radical (unpaired) electrons. The van der Waals surface area contributed by atoms with Gasteiger partial charge in [0.2, 0.25) is 0 Å². The summed E-state index contributed by atoms with van der Waals surface area (Å²) in [4.78, 5) is 16.2. The smallest absolute Gasteiger partial charge is 0.270 e. The molecular weight excluding hydrogens is 258 g/mol. The summed E-state index contributed by atoms with van der Waals surface area (Å²) < 4.78 is 0. The van der Waals surface area contributed by atoms with Crippen LogP contribution < -0.4 is 11.1 Å². The first kappa shape index (κ1) is 13.7. The molecule has 4 nitrogen and oxygen atoms in total. The zero-order chi connectivity index (χ0) is 13.8. The number of amides is 1. The van der Waals surface area contributed by atoms with Gasteiger partial charge in [-0.05, 0) is 17.7 Å². The topological polar surface area (TPSA) is 68.0 Å². The Morgan fingerprint density at radius 2 is 2.21 bits per heavy atom. The van der Waals surface area contributed by atoms with Crippen LogP contribution in [0.15, 0.2) is 30.3 Å². The monoisotopic (exact) mass is 275 g/mol. The van der Waals surface area contributed by atoms with Crippen molar-refractivity contribution in [3.05, 3.63) is 36.0 Å². The number of carbonyl (C=O) groups is 1. The number of nitrogens with zero attached hydrogens (tertiary/aromatic N) is 1. The first-order chi connectivity index (χ1) is 9.11. The van der Waals surface area contributed by atoms with Crippen LogP contribution in [0.5, 0.6) is 0 Å². The maximum Gasteiger partial charge on any atom is 0.270 e. The number of nitrogens with two attached hydrogens (primary N) is 1. The van der Waals surface area contributed by atoms with Crippen molar-refractivity contribution in [2.24, 2.45) is 0 Å². The number of rotatable bonds is 4. The van der Waals surface area contributed by atoms with E-state index in [0.717, 1.165) is 10.8 Å². The lowest BCUT2D eigenvalue weighted by Gasteiger charge is -2.10. The van der Waals surface area contributed by atoms with Crippen LogP contribution in [0.3, 0.4) is 0 Å². The summed E-state index contributed by atoms with van der Waals surface area (Å²) in [6.07, 6.45) is 2.02. The summed E-state index contributed by atoms with van der Waals surface area (Å²) in [5.41, 5.74) is 6.25. The van der Waals surface area contributed by atoms with Crippen LogP contribution in [-0.2, 0) is 0 Å². The highest BCUT2D eigenvalue weighted by Crippen LogP contribution is 2.19. The molecule has 1 aromatic heterocycles. The fourth-order valence-electron chi connectivity index (χ4n) is 1.75. The minimum absolute atomic E-state index is 0.182. The molecule has 1 atom stereocenters. The second kappa shape index (κ2) is 5.93. The molecule has 1 amide bonds. The van der Waals surface area contributed by atoms with Crippen molar-refractivity contribution in [1.82, 2.24) is 10.3 Å². The highest BCUT2D eigenvalue weighted by atomic mass is 32.2. The number of carbonyl (C=O) groups excluding carboxylic acids is 1. The Labute approximate surface area is 116 Å². The fourth-order valence-corrected chi connectivity index (χ4v) is 2.00. The van der Waals surface area contributed by atoms with Crippen LogP contribution in [0.2, 0.25) is 0 Å². The Hall–Kier alpha value is -1.75. The van der Waals surface area contributed by atoms with Crippen molar-refractivity contribution < 1.29 is 4.79 Å². The van der Waals surface area contributed by atoms with Gasteiger partial charge in [-0.25, -0.2) is 4.98 Å². The average molecular weight is 275 g/mol. The maximum atomic E-state index is 12.0. The highest BCUT2D eigenvalue weighted by Gasteiger charge is 2.11. The third-order valence-corrected chi connectivity index (χ3v) is 3.93. The summed E-state index contributed by atoms with van der Waals surface area (Å²) in [6, 6.07) is 9.41. The van der Waals surface area contributed by atoms with Gasteiger partial charge >= 0.3 is 0 Å². The van der Waals surface area contributed by atoms with E-state index in [1.54, 1.807) is 17.8 Å². The van der Waals surface area contributed by atoms with Gasteiger partial charge in [-0.2, -0.15) is 11.8 Å². The number of hydrogen-bond acceptors (Lipinski definition) is 4. The van der Waals surface area contributed by atoms with Gasteiger partial charge in [0.15, 0.2) is 0 Å². The normalized spacial score (nSPS) is 12.3. The summed E-state index contributed by atoms with van der Waals surface area (Å²) in [6.45, 7) is 2.68. The number of nitrogen functional groups attached to an aromatic ring is 1. The van der Waals surface area contributed by atoms with Crippen molar-refractivity contribution in [3.8, 4) is 0 Å². The minimum Gasteiger partial charge on any atom is -0.383 e. The van der Waals surface area contributed by atoms with E-state index in [1.165, 1.54) is 0 Å². The van der Waals surface area contributed by atoms with E-state index >= 15 is 0 Å². The third-order valence-electron chi connectivity index (χ3n) is 2.95. The van der Waals surface area contributed by atoms with Crippen LogP contribution in [-0.4, -0.2) is 28.9 Å². The molecule has 2 aromatic rings. The fraction of sp³-hybridized carbons (Fsp3) is 0.286. The van der Waals surface area contributed by atoms with E-state index in [1.807, 2.05) is 30.5 Å². The Kier molecular flexibility index (Phi) is 4.27. The zero-order valence-corrected chi connectivity index (χ0v) is 11.8. The first-order valence-corrected chi connectivity index (χ1v) is 7.37. The van der Waals surface area contributed by atoms with Gasteiger partial charge in [-0.1, -0.05) is 31.2 Å². The predicted molar refractivity (Wildman–Crippen MR) is 81.5 cm³/mol. The molecule has 3 N–H and O–H groups in total. The van der Waals surface area contributed by atoms with Crippen molar-refractivity contribution >= 4 is 34.3 Å². The third kappa shape index (κ3) is 3.17. The number of nitrogens with one attached hydrogen (secondary N) is 1. The largest absolute Gasteiger partial charge is 0.383 e. The van der Waals surface area contributed by atoms with Crippen LogP contribution >= 0.6 is 11.8 Å². The summed E-state index contributed by atoms with van der Waals surface area (Å²) in [5.74, 6) is 0.208. The van der Waals surface area contributed by atoms with Gasteiger partial charge in [0, 0.05) is 17.2 Å². The number of fused-ring (bicyclic) bond motifs is 1. The van der Waals surface area contributed by atoms with E-state index in [9.17, 15) is 4.79 Å².